The Balaban J connectivity index is 2.53. The van der Waals surface area contributed by atoms with Crippen molar-refractivity contribution in [2.24, 2.45) is 0 Å². The van der Waals surface area contributed by atoms with Gasteiger partial charge in [0.1, 0.15) is 0 Å². The number of hydrogen-bond acceptors (Lipinski definition) is 1. The van der Waals surface area contributed by atoms with Crippen LogP contribution in [0, 0.1) is 20.6 Å². The summed E-state index contributed by atoms with van der Waals surface area (Å²) in [6, 6.07) is 7.08. The maximum absolute atomic E-state index is 7.55. The first-order valence-electron chi connectivity index (χ1n) is 8.92. The lowest BCUT2D eigenvalue weighted by Gasteiger charge is -2.04. The lowest BCUT2D eigenvalue weighted by molar-refractivity contribution is 1.22. The second-order valence-corrected chi connectivity index (χ2v) is 3.19. The minimum atomic E-state index is -2.60. The molecule has 0 atom stereocenters. The van der Waals surface area contributed by atoms with Crippen molar-refractivity contribution in [1.82, 2.24) is 4.98 Å². The van der Waals surface area contributed by atoms with Crippen LogP contribution in [0.25, 0.3) is 11.3 Å². The summed E-state index contributed by atoms with van der Waals surface area (Å²) in [7, 11) is 0. The van der Waals surface area contributed by atoms with Gasteiger partial charge in [0, 0.05) is 24.1 Å². The van der Waals surface area contributed by atoms with E-state index in [2.05, 4.69) is 4.98 Å². The average Bonchev–Trinajstić information content (AvgIpc) is 2.44. The van der Waals surface area contributed by atoms with Gasteiger partial charge in [-0.25, -0.2) is 0 Å². The molecule has 0 unspecified atom stereocenters. The molecule has 2 aromatic rings. The zero-order valence-corrected chi connectivity index (χ0v) is 7.91. The lowest BCUT2D eigenvalue weighted by Crippen LogP contribution is -1.88. The SMILES string of the molecule is [2H]C([2H])([2H])c1ccc(-c2cc(C([2H])([2H])[2H])c(C([2H])([2H])[2H])cn2)cc1. The minimum absolute atomic E-state index is 0.154. The number of aromatic nitrogens is 1. The molecule has 0 aliphatic carbocycles. The Hall–Kier alpha value is -1.63. The van der Waals surface area contributed by atoms with Crippen molar-refractivity contribution < 1.29 is 12.3 Å². The third-order valence-corrected chi connectivity index (χ3v) is 2.08. The quantitative estimate of drug-likeness (QED) is 0.693. The van der Waals surface area contributed by atoms with Gasteiger partial charge in [-0.3, -0.25) is 4.98 Å². The predicted molar refractivity (Wildman–Crippen MR) is 63.9 cm³/mol. The fraction of sp³-hybridized carbons (Fsp3) is 0.214. The van der Waals surface area contributed by atoms with Gasteiger partial charge in [-0.15, -0.1) is 0 Å². The van der Waals surface area contributed by atoms with Gasteiger partial charge in [-0.1, -0.05) is 29.8 Å². The number of hydrogen-bond donors (Lipinski definition) is 0. The van der Waals surface area contributed by atoms with Gasteiger partial charge >= 0.3 is 0 Å². The topological polar surface area (TPSA) is 12.9 Å². The third kappa shape index (κ3) is 2.07. The van der Waals surface area contributed by atoms with E-state index in [0.29, 0.717) is 5.56 Å². The second-order valence-electron chi connectivity index (χ2n) is 3.19. The summed E-state index contributed by atoms with van der Waals surface area (Å²) in [6.45, 7) is -7.42. The molecule has 0 radical (unpaired) electrons. The monoisotopic (exact) mass is 206 g/mol. The first-order chi connectivity index (χ1) is 10.8. The number of rotatable bonds is 1. The Morgan fingerprint density at radius 2 is 1.80 bits per heavy atom. The fourth-order valence-corrected chi connectivity index (χ4v) is 1.25. The van der Waals surface area contributed by atoms with Crippen LogP contribution in [0.15, 0.2) is 36.5 Å². The third-order valence-electron chi connectivity index (χ3n) is 2.08. The van der Waals surface area contributed by atoms with Gasteiger partial charge in [-0.2, -0.15) is 0 Å². The molecule has 0 fully saturated rings. The molecule has 1 nitrogen and oxygen atoms in total. The molecule has 15 heavy (non-hydrogen) atoms. The van der Waals surface area contributed by atoms with Crippen molar-refractivity contribution in [3.8, 4) is 11.3 Å². The Labute approximate surface area is 103 Å². The lowest BCUT2D eigenvalue weighted by atomic mass is 10.1. The van der Waals surface area contributed by atoms with E-state index >= 15 is 0 Å². The van der Waals surface area contributed by atoms with Crippen LogP contribution in [0.3, 0.4) is 0 Å². The van der Waals surface area contributed by atoms with E-state index in [1.807, 2.05) is 0 Å². The summed E-state index contributed by atoms with van der Waals surface area (Å²) < 4.78 is 67.0. The van der Waals surface area contributed by atoms with Crippen LogP contribution in [0.1, 0.15) is 29.0 Å². The second kappa shape index (κ2) is 3.85. The first kappa shape index (κ1) is 3.75. The van der Waals surface area contributed by atoms with E-state index in [9.17, 15) is 0 Å². The van der Waals surface area contributed by atoms with Crippen molar-refractivity contribution in [2.45, 2.75) is 20.6 Å². The van der Waals surface area contributed by atoms with E-state index in [1.54, 1.807) is 0 Å². The van der Waals surface area contributed by atoms with Crippen molar-refractivity contribution in [1.29, 1.82) is 0 Å². The van der Waals surface area contributed by atoms with E-state index in [-0.39, 0.29) is 22.4 Å². The average molecular weight is 206 g/mol. The largest absolute Gasteiger partial charge is 0.256 e. The first-order valence-corrected chi connectivity index (χ1v) is 4.42. The van der Waals surface area contributed by atoms with E-state index < -0.39 is 20.6 Å². The Morgan fingerprint density at radius 1 is 1.00 bits per heavy atom. The minimum Gasteiger partial charge on any atom is -0.256 e. The van der Waals surface area contributed by atoms with Crippen molar-refractivity contribution in [3.63, 3.8) is 0 Å². The summed E-state index contributed by atoms with van der Waals surface area (Å²) in [6.07, 6.45) is 1.04. The molecule has 1 aromatic carbocycles. The Morgan fingerprint density at radius 3 is 2.47 bits per heavy atom. The Bertz CT molecular complexity index is 724. The summed E-state index contributed by atoms with van der Waals surface area (Å²) in [5, 5.41) is 0. The van der Waals surface area contributed by atoms with Crippen molar-refractivity contribution in [2.75, 3.05) is 0 Å². The number of aryl methyl sites for hydroxylation is 3. The number of nitrogens with zero attached hydrogens (tertiary/aromatic N) is 1. The van der Waals surface area contributed by atoms with Crippen LogP contribution in [0.4, 0.5) is 0 Å². The standard InChI is InChI=1S/C14H15N/c1-10-4-6-13(7-5-10)14-8-11(2)12(3)9-15-14/h4-9H,1-3H3/i1D3,2D3,3D3. The molecule has 1 heterocycles. The molecule has 1 aromatic heterocycles. The molecule has 76 valence electrons. The van der Waals surface area contributed by atoms with E-state index in [1.165, 1.54) is 30.3 Å². The molecular weight excluding hydrogens is 182 g/mol. The van der Waals surface area contributed by atoms with Crippen LogP contribution in [0.2, 0.25) is 0 Å². The predicted octanol–water partition coefficient (Wildman–Crippen LogP) is 3.67. The zero-order chi connectivity index (χ0) is 18.3. The van der Waals surface area contributed by atoms with Crippen LogP contribution in [-0.4, -0.2) is 4.98 Å². The van der Waals surface area contributed by atoms with Gasteiger partial charge in [0.25, 0.3) is 0 Å². The molecule has 2 rings (SSSR count). The van der Waals surface area contributed by atoms with Crippen molar-refractivity contribution in [3.05, 3.63) is 53.2 Å². The van der Waals surface area contributed by atoms with Gasteiger partial charge in [0.15, 0.2) is 0 Å². The van der Waals surface area contributed by atoms with Gasteiger partial charge in [0.2, 0.25) is 0 Å². The van der Waals surface area contributed by atoms with Crippen LogP contribution >= 0.6 is 0 Å². The highest BCUT2D eigenvalue weighted by atomic mass is 14.7. The maximum atomic E-state index is 7.55. The highest BCUT2D eigenvalue weighted by molar-refractivity contribution is 5.60. The summed E-state index contributed by atoms with van der Waals surface area (Å²) >= 11 is 0. The fourth-order valence-electron chi connectivity index (χ4n) is 1.25. The van der Waals surface area contributed by atoms with Crippen LogP contribution in [0.5, 0.6) is 0 Å². The smallest absolute Gasteiger partial charge is 0.0704 e. The van der Waals surface area contributed by atoms with E-state index in [0.717, 1.165) is 6.20 Å². The zero-order valence-electron chi connectivity index (χ0n) is 16.9. The molecule has 0 spiro atoms. The van der Waals surface area contributed by atoms with Crippen LogP contribution < -0.4 is 0 Å². The molecule has 0 saturated heterocycles. The molecular formula is C14H15N. The maximum Gasteiger partial charge on any atom is 0.0704 e. The molecule has 0 bridgehead atoms. The highest BCUT2D eigenvalue weighted by Crippen LogP contribution is 2.19. The summed E-state index contributed by atoms with van der Waals surface area (Å²) in [5.41, 5.74) is 0.330. The van der Waals surface area contributed by atoms with Gasteiger partial charge in [-0.05, 0) is 37.7 Å². The molecule has 0 N–H and O–H groups in total. The molecule has 0 saturated carbocycles. The van der Waals surface area contributed by atoms with E-state index in [4.69, 9.17) is 12.3 Å². The molecule has 0 aliphatic rings. The van der Waals surface area contributed by atoms with Gasteiger partial charge < -0.3 is 0 Å². The van der Waals surface area contributed by atoms with Gasteiger partial charge in [0.05, 0.1) is 5.69 Å². The summed E-state index contributed by atoms with van der Waals surface area (Å²) in [4.78, 5) is 4.03. The highest BCUT2D eigenvalue weighted by Gasteiger charge is 2.00. The molecule has 0 amide bonds. The molecule has 0 aliphatic heterocycles. The normalized spacial score (nSPS) is 21.7. The number of benzene rings is 1. The number of pyridine rings is 1. The van der Waals surface area contributed by atoms with Crippen LogP contribution in [-0.2, 0) is 0 Å². The summed E-state index contributed by atoms with van der Waals surface area (Å²) in [5.74, 6) is 0. The Kier molecular flexibility index (Phi) is 0.962. The van der Waals surface area contributed by atoms with Crippen molar-refractivity contribution >= 4 is 0 Å². The molecule has 1 heteroatoms.